The van der Waals surface area contributed by atoms with Crippen molar-refractivity contribution in [2.45, 2.75) is 6.54 Å². The molecule has 9 heteroatoms. The number of ether oxygens (including phenoxy) is 1. The van der Waals surface area contributed by atoms with E-state index in [2.05, 4.69) is 15.3 Å². The van der Waals surface area contributed by atoms with Gasteiger partial charge in [0.05, 0.1) is 5.39 Å². The number of hydrogen-bond acceptors (Lipinski definition) is 4. The Bertz CT molecular complexity index is 1280. The predicted octanol–water partition coefficient (Wildman–Crippen LogP) is 5.09. The highest BCUT2D eigenvalue weighted by Crippen LogP contribution is 2.33. The normalized spacial score (nSPS) is 11.2. The van der Waals surface area contributed by atoms with Gasteiger partial charge in [-0.3, -0.25) is 4.79 Å². The first-order chi connectivity index (χ1) is 15.3. The van der Waals surface area contributed by atoms with Gasteiger partial charge < -0.3 is 19.9 Å². The second-order valence-electron chi connectivity index (χ2n) is 7.38. The molecule has 0 bridgehead atoms. The molecule has 1 amide bonds. The smallest absolute Gasteiger partial charge is 0.261 e. The molecular weight excluding hydrogens is 421 g/mol. The fraction of sp³-hybridized carbons (Fsp3) is 0.130. The van der Waals surface area contributed by atoms with Crippen molar-refractivity contribution < 1.29 is 22.7 Å². The van der Waals surface area contributed by atoms with Gasteiger partial charge in [-0.2, -0.15) is 0 Å². The predicted molar refractivity (Wildman–Crippen MR) is 114 cm³/mol. The van der Waals surface area contributed by atoms with Crippen LogP contribution in [0.2, 0.25) is 0 Å². The summed E-state index contributed by atoms with van der Waals surface area (Å²) in [6, 6.07) is 8.44. The van der Waals surface area contributed by atoms with Crippen LogP contribution in [0.1, 0.15) is 15.9 Å². The minimum Gasteiger partial charge on any atom is -0.453 e. The summed E-state index contributed by atoms with van der Waals surface area (Å²) < 4.78 is 48.1. The van der Waals surface area contributed by atoms with Crippen LogP contribution in [0.15, 0.2) is 54.9 Å². The van der Waals surface area contributed by atoms with Gasteiger partial charge in [-0.15, -0.1) is 0 Å². The molecular formula is C23H19F3N4O2. The molecule has 0 aliphatic rings. The molecule has 164 valence electrons. The minimum absolute atomic E-state index is 0.0253. The van der Waals surface area contributed by atoms with E-state index in [0.717, 1.165) is 35.2 Å². The molecule has 0 saturated carbocycles. The Kier molecular flexibility index (Phi) is 5.83. The van der Waals surface area contributed by atoms with Gasteiger partial charge in [0.15, 0.2) is 11.6 Å². The molecule has 0 saturated heterocycles. The zero-order chi connectivity index (χ0) is 22.8. The Hall–Kier alpha value is -3.85. The number of hydrogen-bond donors (Lipinski definition) is 2. The number of benzene rings is 2. The quantitative estimate of drug-likeness (QED) is 0.438. The van der Waals surface area contributed by atoms with Crippen LogP contribution in [0.5, 0.6) is 11.5 Å². The van der Waals surface area contributed by atoms with Gasteiger partial charge in [0, 0.05) is 30.7 Å². The van der Waals surface area contributed by atoms with Crippen molar-refractivity contribution in [2.24, 2.45) is 0 Å². The molecule has 0 aliphatic carbocycles. The van der Waals surface area contributed by atoms with E-state index in [1.165, 1.54) is 12.1 Å². The number of H-pyrrole nitrogens is 1. The SMILES string of the molecule is CN(C)Cc1c[nH]c2nccc(Oc3ccc(NC(=O)c4c(F)cccc4F)cc3F)c12. The Morgan fingerprint density at radius 3 is 2.50 bits per heavy atom. The zero-order valence-electron chi connectivity index (χ0n) is 17.2. The maximum Gasteiger partial charge on any atom is 0.261 e. The van der Waals surface area contributed by atoms with Gasteiger partial charge in [0.2, 0.25) is 0 Å². The topological polar surface area (TPSA) is 70.2 Å². The third-order valence-corrected chi connectivity index (χ3v) is 4.70. The average molecular weight is 440 g/mol. The average Bonchev–Trinajstić information content (AvgIpc) is 3.13. The van der Waals surface area contributed by atoms with Gasteiger partial charge >= 0.3 is 0 Å². The highest BCUT2D eigenvalue weighted by molar-refractivity contribution is 6.04. The fourth-order valence-electron chi connectivity index (χ4n) is 3.33. The second-order valence-corrected chi connectivity index (χ2v) is 7.38. The summed E-state index contributed by atoms with van der Waals surface area (Å²) >= 11 is 0. The number of halogens is 3. The summed E-state index contributed by atoms with van der Waals surface area (Å²) in [6.45, 7) is 0.627. The highest BCUT2D eigenvalue weighted by Gasteiger charge is 2.18. The Balaban J connectivity index is 1.58. The van der Waals surface area contributed by atoms with Crippen LogP contribution in [0.25, 0.3) is 11.0 Å². The number of carbonyl (C=O) groups excluding carboxylic acids is 1. The molecule has 0 fully saturated rings. The lowest BCUT2D eigenvalue weighted by atomic mass is 10.1. The van der Waals surface area contributed by atoms with Crippen LogP contribution < -0.4 is 10.1 Å². The molecule has 32 heavy (non-hydrogen) atoms. The van der Waals surface area contributed by atoms with Crippen molar-refractivity contribution in [3.05, 3.63) is 83.4 Å². The molecule has 0 unspecified atom stereocenters. The second kappa shape index (κ2) is 8.72. The molecule has 2 heterocycles. The molecule has 2 aromatic carbocycles. The van der Waals surface area contributed by atoms with Crippen LogP contribution in [-0.2, 0) is 6.54 Å². The van der Waals surface area contributed by atoms with E-state index in [9.17, 15) is 18.0 Å². The number of nitrogens with one attached hydrogen (secondary N) is 2. The number of aromatic nitrogens is 2. The standard InChI is InChI=1S/C23H19F3N4O2/c1-30(2)12-13-11-28-22-20(13)19(8-9-27-22)32-18-7-6-14(10-17(18)26)29-23(31)21-15(24)4-3-5-16(21)25/h3-11H,12H2,1-2H3,(H,27,28)(H,29,31). The number of anilines is 1. The Morgan fingerprint density at radius 1 is 1.06 bits per heavy atom. The van der Waals surface area contributed by atoms with Crippen LogP contribution in [-0.4, -0.2) is 34.9 Å². The molecule has 0 spiro atoms. The van der Waals surface area contributed by atoms with Gasteiger partial charge in [0.25, 0.3) is 5.91 Å². The number of aromatic amines is 1. The van der Waals surface area contributed by atoms with Crippen molar-refractivity contribution in [3.8, 4) is 11.5 Å². The third kappa shape index (κ3) is 4.28. The van der Waals surface area contributed by atoms with Crippen molar-refractivity contribution in [3.63, 3.8) is 0 Å². The van der Waals surface area contributed by atoms with E-state index < -0.39 is 28.9 Å². The van der Waals surface area contributed by atoms with Crippen molar-refractivity contribution >= 4 is 22.6 Å². The maximum atomic E-state index is 14.7. The summed E-state index contributed by atoms with van der Waals surface area (Å²) in [7, 11) is 3.85. The summed E-state index contributed by atoms with van der Waals surface area (Å²) in [4.78, 5) is 21.5. The summed E-state index contributed by atoms with van der Waals surface area (Å²) in [5, 5.41) is 3.02. The monoisotopic (exact) mass is 440 g/mol. The first kappa shape index (κ1) is 21.4. The minimum atomic E-state index is -1.02. The summed E-state index contributed by atoms with van der Waals surface area (Å²) in [5.74, 6) is -3.47. The summed E-state index contributed by atoms with van der Waals surface area (Å²) in [5.41, 5.74) is 0.825. The van der Waals surface area contributed by atoms with Gasteiger partial charge in [-0.05, 0) is 50.0 Å². The number of nitrogens with zero attached hydrogens (tertiary/aromatic N) is 2. The highest BCUT2D eigenvalue weighted by atomic mass is 19.1. The Morgan fingerprint density at radius 2 is 1.81 bits per heavy atom. The molecule has 4 aromatic rings. The molecule has 2 N–H and O–H groups in total. The third-order valence-electron chi connectivity index (χ3n) is 4.70. The number of carbonyl (C=O) groups is 1. The van der Waals surface area contributed by atoms with E-state index in [-0.39, 0.29) is 11.4 Å². The first-order valence-corrected chi connectivity index (χ1v) is 9.66. The van der Waals surface area contributed by atoms with Crippen LogP contribution in [0.3, 0.4) is 0 Å². The molecule has 4 rings (SSSR count). The van der Waals surface area contributed by atoms with Crippen LogP contribution in [0, 0.1) is 17.5 Å². The van der Waals surface area contributed by atoms with Crippen molar-refractivity contribution in [2.75, 3.05) is 19.4 Å². The molecule has 2 aromatic heterocycles. The lowest BCUT2D eigenvalue weighted by Gasteiger charge is -2.12. The Labute approximate surface area is 181 Å². The molecule has 0 atom stereocenters. The van der Waals surface area contributed by atoms with Gasteiger partial charge in [-0.25, -0.2) is 18.2 Å². The van der Waals surface area contributed by atoms with Crippen LogP contribution in [0.4, 0.5) is 18.9 Å². The number of pyridine rings is 1. The van der Waals surface area contributed by atoms with E-state index in [1.807, 2.05) is 25.2 Å². The molecule has 6 nitrogen and oxygen atoms in total. The largest absolute Gasteiger partial charge is 0.453 e. The molecule has 0 aliphatic heterocycles. The van der Waals surface area contributed by atoms with Gasteiger partial charge in [-0.1, -0.05) is 6.07 Å². The number of amides is 1. The first-order valence-electron chi connectivity index (χ1n) is 9.66. The van der Waals surface area contributed by atoms with Crippen LogP contribution >= 0.6 is 0 Å². The maximum absolute atomic E-state index is 14.7. The number of rotatable bonds is 6. The zero-order valence-corrected chi connectivity index (χ0v) is 17.2. The van der Waals surface area contributed by atoms with E-state index >= 15 is 0 Å². The lowest BCUT2D eigenvalue weighted by Crippen LogP contribution is -2.16. The summed E-state index contributed by atoms with van der Waals surface area (Å²) in [6.07, 6.45) is 3.37. The van der Waals surface area contributed by atoms with Gasteiger partial charge in [0.1, 0.15) is 28.6 Å². The van der Waals surface area contributed by atoms with E-state index in [1.54, 1.807) is 12.3 Å². The number of fused-ring (bicyclic) bond motifs is 1. The fourth-order valence-corrected chi connectivity index (χ4v) is 3.33. The van der Waals surface area contributed by atoms with Crippen molar-refractivity contribution in [1.82, 2.24) is 14.9 Å². The van der Waals surface area contributed by atoms with E-state index in [0.29, 0.717) is 17.9 Å². The van der Waals surface area contributed by atoms with E-state index in [4.69, 9.17) is 4.74 Å². The van der Waals surface area contributed by atoms with Crippen molar-refractivity contribution in [1.29, 1.82) is 0 Å². The lowest BCUT2D eigenvalue weighted by molar-refractivity contribution is 0.101. The molecule has 0 radical (unpaired) electrons.